The van der Waals surface area contributed by atoms with Crippen LogP contribution in [0.25, 0.3) is 11.5 Å². The lowest BCUT2D eigenvalue weighted by Crippen LogP contribution is -2.28. The Hall–Kier alpha value is -3.48. The molecular weight excluding hydrogens is 404 g/mol. The molecule has 1 aromatic carbocycles. The normalized spacial score (nSPS) is 15.7. The van der Waals surface area contributed by atoms with Gasteiger partial charge in [-0.1, -0.05) is 23.8 Å². The van der Waals surface area contributed by atoms with Crippen molar-refractivity contribution in [3.8, 4) is 17.3 Å². The van der Waals surface area contributed by atoms with Crippen LogP contribution in [0.2, 0.25) is 0 Å². The van der Waals surface area contributed by atoms with Gasteiger partial charge in [0.05, 0.1) is 12.3 Å². The monoisotopic (exact) mass is 432 g/mol. The van der Waals surface area contributed by atoms with E-state index in [1.54, 1.807) is 6.20 Å². The van der Waals surface area contributed by atoms with E-state index in [4.69, 9.17) is 4.74 Å². The van der Waals surface area contributed by atoms with Crippen molar-refractivity contribution >= 4 is 5.91 Å². The van der Waals surface area contributed by atoms with Crippen LogP contribution in [0.3, 0.4) is 0 Å². The van der Waals surface area contributed by atoms with Crippen LogP contribution in [0.4, 0.5) is 0 Å². The fourth-order valence-corrected chi connectivity index (χ4v) is 4.06. The van der Waals surface area contributed by atoms with Crippen LogP contribution in [0, 0.1) is 13.8 Å². The molecule has 1 atom stereocenters. The number of hydrogen-bond donors (Lipinski definition) is 1. The Morgan fingerprint density at radius 1 is 1.22 bits per heavy atom. The minimum Gasteiger partial charge on any atom is -0.493 e. The number of H-pyrrole nitrogens is 1. The summed E-state index contributed by atoms with van der Waals surface area (Å²) in [5, 5.41) is 0. The Morgan fingerprint density at radius 3 is 2.88 bits per heavy atom. The number of carbonyl (C=O) groups is 1. The molecule has 1 fully saturated rings. The molecule has 0 unspecified atom stereocenters. The largest absolute Gasteiger partial charge is 0.493 e. The van der Waals surface area contributed by atoms with Gasteiger partial charge in [0.1, 0.15) is 11.4 Å². The number of ether oxygens (including phenoxy) is 1. The third kappa shape index (κ3) is 5.22. The van der Waals surface area contributed by atoms with Crippen molar-refractivity contribution in [2.24, 2.45) is 0 Å². The first-order valence-electron chi connectivity index (χ1n) is 11.0. The molecular formula is C25H28N4O3. The van der Waals surface area contributed by atoms with Gasteiger partial charge in [0.15, 0.2) is 5.82 Å². The maximum absolute atomic E-state index is 12.7. The van der Waals surface area contributed by atoms with E-state index in [0.29, 0.717) is 49.8 Å². The maximum atomic E-state index is 12.7. The molecule has 2 aromatic heterocycles. The lowest BCUT2D eigenvalue weighted by atomic mass is 10.0. The van der Waals surface area contributed by atoms with Crippen molar-refractivity contribution in [3.63, 3.8) is 0 Å². The molecule has 0 aliphatic carbocycles. The Balaban J connectivity index is 1.31. The number of aromatic nitrogens is 3. The Labute approximate surface area is 187 Å². The Morgan fingerprint density at radius 2 is 2.09 bits per heavy atom. The number of nitrogens with one attached hydrogen (secondary N) is 1. The predicted octanol–water partition coefficient (Wildman–Crippen LogP) is 3.62. The number of amides is 1. The van der Waals surface area contributed by atoms with E-state index in [1.165, 1.54) is 11.6 Å². The molecule has 0 bridgehead atoms. The number of carbonyl (C=O) groups excluding carboxylic acids is 1. The van der Waals surface area contributed by atoms with E-state index in [9.17, 15) is 9.59 Å². The lowest BCUT2D eigenvalue weighted by Gasteiger charge is -2.17. The van der Waals surface area contributed by atoms with Gasteiger partial charge in [-0.25, -0.2) is 4.98 Å². The minimum atomic E-state index is -0.205. The molecule has 0 radical (unpaired) electrons. The fraction of sp³-hybridized carbons (Fsp3) is 0.360. The second-order valence-electron chi connectivity index (χ2n) is 8.28. The predicted molar refractivity (Wildman–Crippen MR) is 123 cm³/mol. The summed E-state index contributed by atoms with van der Waals surface area (Å²) in [7, 11) is 0. The number of rotatable bonds is 7. The molecule has 4 rings (SSSR count). The molecule has 32 heavy (non-hydrogen) atoms. The molecule has 0 spiro atoms. The molecule has 1 saturated heterocycles. The number of benzene rings is 1. The smallest absolute Gasteiger partial charge is 0.251 e. The van der Waals surface area contributed by atoms with E-state index in [2.05, 4.69) is 27.9 Å². The van der Waals surface area contributed by atoms with Gasteiger partial charge in [0.2, 0.25) is 5.91 Å². The zero-order valence-electron chi connectivity index (χ0n) is 18.5. The van der Waals surface area contributed by atoms with Gasteiger partial charge in [0.25, 0.3) is 5.56 Å². The molecule has 1 amide bonds. The third-order valence-electron chi connectivity index (χ3n) is 5.75. The van der Waals surface area contributed by atoms with E-state index in [1.807, 2.05) is 42.2 Å². The second kappa shape index (κ2) is 9.77. The van der Waals surface area contributed by atoms with Crippen molar-refractivity contribution in [1.82, 2.24) is 19.9 Å². The van der Waals surface area contributed by atoms with Crippen molar-refractivity contribution in [2.75, 3.05) is 19.7 Å². The summed E-state index contributed by atoms with van der Waals surface area (Å²) in [6.45, 7) is 5.85. The summed E-state index contributed by atoms with van der Waals surface area (Å²) in [5.74, 6) is 1.50. The highest BCUT2D eigenvalue weighted by Crippen LogP contribution is 2.27. The summed E-state index contributed by atoms with van der Waals surface area (Å²) in [6.07, 6.45) is 3.57. The van der Waals surface area contributed by atoms with Crippen LogP contribution in [0.5, 0.6) is 5.75 Å². The summed E-state index contributed by atoms with van der Waals surface area (Å²) >= 11 is 0. The van der Waals surface area contributed by atoms with E-state index >= 15 is 0 Å². The van der Waals surface area contributed by atoms with Crippen molar-refractivity contribution in [1.29, 1.82) is 0 Å². The van der Waals surface area contributed by atoms with Gasteiger partial charge >= 0.3 is 0 Å². The molecule has 7 heteroatoms. The molecule has 166 valence electrons. The fourth-order valence-electron chi connectivity index (χ4n) is 4.06. The van der Waals surface area contributed by atoms with Crippen molar-refractivity contribution < 1.29 is 9.53 Å². The molecule has 1 N–H and O–H groups in total. The summed E-state index contributed by atoms with van der Waals surface area (Å²) in [5.41, 5.74) is 3.44. The summed E-state index contributed by atoms with van der Waals surface area (Å²) < 4.78 is 5.84. The Bertz CT molecular complexity index is 1140. The third-order valence-corrected chi connectivity index (χ3v) is 5.75. The van der Waals surface area contributed by atoms with Crippen molar-refractivity contribution in [2.45, 2.75) is 39.0 Å². The summed E-state index contributed by atoms with van der Waals surface area (Å²) in [6, 6.07) is 13.1. The van der Waals surface area contributed by atoms with Crippen LogP contribution in [0.1, 0.15) is 42.0 Å². The average molecular weight is 433 g/mol. The quantitative estimate of drug-likeness (QED) is 0.576. The maximum Gasteiger partial charge on any atom is 0.251 e. The zero-order chi connectivity index (χ0) is 22.5. The van der Waals surface area contributed by atoms with E-state index in [-0.39, 0.29) is 17.4 Å². The first-order chi connectivity index (χ1) is 15.5. The first-order valence-corrected chi connectivity index (χ1v) is 11.0. The molecule has 1 aliphatic rings. The van der Waals surface area contributed by atoms with E-state index < -0.39 is 0 Å². The molecule has 3 heterocycles. The summed E-state index contributed by atoms with van der Waals surface area (Å²) in [4.78, 5) is 38.4. The first kappa shape index (κ1) is 21.7. The number of hydrogen-bond acceptors (Lipinski definition) is 5. The molecule has 1 aliphatic heterocycles. The van der Waals surface area contributed by atoms with Gasteiger partial charge in [-0.15, -0.1) is 0 Å². The van der Waals surface area contributed by atoms with Gasteiger partial charge in [-0.05, 0) is 50.5 Å². The number of aryl methyl sites for hydroxylation is 2. The number of nitrogens with zero attached hydrogens (tertiary/aromatic N) is 3. The molecule has 7 nitrogen and oxygen atoms in total. The number of aromatic amines is 1. The van der Waals surface area contributed by atoms with Crippen LogP contribution in [0.15, 0.2) is 53.5 Å². The van der Waals surface area contributed by atoms with Gasteiger partial charge in [-0.2, -0.15) is 0 Å². The van der Waals surface area contributed by atoms with Gasteiger partial charge < -0.3 is 14.6 Å². The van der Waals surface area contributed by atoms with Crippen LogP contribution >= 0.6 is 0 Å². The standard InChI is InChI=1S/C25H28N4O3/c1-17-8-9-22(18(2)14-17)32-13-5-7-24(31)29-12-10-19(16-29)21-15-23(30)28-25(27-21)20-6-3-4-11-26-20/h3-4,6,8-9,11,14-15,19H,5,7,10,12-13,16H2,1-2H3,(H,27,28,30)/t19-/m1/s1. The molecule has 3 aromatic rings. The van der Waals surface area contributed by atoms with Crippen LogP contribution in [-0.2, 0) is 4.79 Å². The van der Waals surface area contributed by atoms with Gasteiger partial charge in [-0.3, -0.25) is 14.6 Å². The zero-order valence-corrected chi connectivity index (χ0v) is 18.5. The van der Waals surface area contributed by atoms with Gasteiger partial charge in [0, 0.05) is 37.7 Å². The highest BCUT2D eigenvalue weighted by Gasteiger charge is 2.28. The minimum absolute atomic E-state index is 0.0511. The SMILES string of the molecule is Cc1ccc(OCCCC(=O)N2CC[C@@H](c3cc(=O)[nH]c(-c4ccccn4)n3)C2)c(C)c1. The van der Waals surface area contributed by atoms with Crippen LogP contribution < -0.4 is 10.3 Å². The number of likely N-dealkylation sites (tertiary alicyclic amines) is 1. The molecule has 0 saturated carbocycles. The highest BCUT2D eigenvalue weighted by molar-refractivity contribution is 5.76. The average Bonchev–Trinajstić information content (AvgIpc) is 3.28. The van der Waals surface area contributed by atoms with E-state index in [0.717, 1.165) is 17.7 Å². The topological polar surface area (TPSA) is 88.2 Å². The number of pyridine rings is 1. The van der Waals surface area contributed by atoms with Crippen molar-refractivity contribution in [3.05, 3.63) is 75.8 Å². The Kier molecular flexibility index (Phi) is 6.63. The second-order valence-corrected chi connectivity index (χ2v) is 8.28. The van der Waals surface area contributed by atoms with Crippen LogP contribution in [-0.4, -0.2) is 45.5 Å². The highest BCUT2D eigenvalue weighted by atomic mass is 16.5. The lowest BCUT2D eigenvalue weighted by molar-refractivity contribution is -0.130.